The largest absolute Gasteiger partial charge is 0.497 e. The lowest BCUT2D eigenvalue weighted by Crippen LogP contribution is -2.48. The molecule has 1 saturated heterocycles. The Morgan fingerprint density at radius 3 is 2.48 bits per heavy atom. The zero-order valence-electron chi connectivity index (χ0n) is 22.2. The van der Waals surface area contributed by atoms with Crippen LogP contribution in [0.15, 0.2) is 65.6 Å². The van der Waals surface area contributed by atoms with Crippen molar-refractivity contribution in [2.24, 2.45) is 0 Å². The van der Waals surface area contributed by atoms with Crippen LogP contribution in [0.4, 0.5) is 10.8 Å². The van der Waals surface area contributed by atoms with Crippen LogP contribution in [0.2, 0.25) is 5.02 Å². The SMILES string of the molecule is COc1ccc(S(=O)(=O)Nc2ccccc2C(=O)NCCN2CCN(c3nc4c(C)ccc(Cl)c4s3)CC2)cc1. The first kappa shape index (κ1) is 28.2. The highest BCUT2D eigenvalue weighted by atomic mass is 35.5. The van der Waals surface area contributed by atoms with Crippen LogP contribution in [-0.2, 0) is 10.0 Å². The number of fused-ring (bicyclic) bond motifs is 1. The number of anilines is 2. The number of nitrogens with zero attached hydrogens (tertiary/aromatic N) is 3. The quantitative estimate of drug-likeness (QED) is 0.289. The molecule has 0 bridgehead atoms. The number of ether oxygens (including phenoxy) is 1. The normalized spacial score (nSPS) is 14.3. The molecule has 9 nitrogen and oxygen atoms in total. The van der Waals surface area contributed by atoms with Gasteiger partial charge in [-0.1, -0.05) is 41.1 Å². The molecule has 1 aliphatic rings. The van der Waals surface area contributed by atoms with E-state index in [0.29, 0.717) is 18.8 Å². The lowest BCUT2D eigenvalue weighted by atomic mass is 10.1. The van der Waals surface area contributed by atoms with E-state index in [-0.39, 0.29) is 22.1 Å². The van der Waals surface area contributed by atoms with Gasteiger partial charge in [0, 0.05) is 39.3 Å². The van der Waals surface area contributed by atoms with Gasteiger partial charge in [-0.2, -0.15) is 0 Å². The van der Waals surface area contributed by atoms with Crippen LogP contribution in [0.3, 0.4) is 0 Å². The second-order valence-corrected chi connectivity index (χ2v) is 12.5. The minimum Gasteiger partial charge on any atom is -0.497 e. The fraction of sp³-hybridized carbons (Fsp3) is 0.286. The van der Waals surface area contributed by atoms with Gasteiger partial charge in [-0.3, -0.25) is 14.4 Å². The number of carbonyl (C=O) groups is 1. The van der Waals surface area contributed by atoms with Gasteiger partial charge in [-0.25, -0.2) is 13.4 Å². The van der Waals surface area contributed by atoms with Crippen LogP contribution in [0.1, 0.15) is 15.9 Å². The third kappa shape index (κ3) is 6.17. The van der Waals surface area contributed by atoms with Crippen molar-refractivity contribution in [1.82, 2.24) is 15.2 Å². The maximum Gasteiger partial charge on any atom is 0.261 e. The van der Waals surface area contributed by atoms with Crippen molar-refractivity contribution < 1.29 is 17.9 Å². The first-order valence-corrected chi connectivity index (χ1v) is 15.5. The summed E-state index contributed by atoms with van der Waals surface area (Å²) in [4.78, 5) is 22.5. The molecule has 12 heteroatoms. The standard InChI is InChI=1S/C28H30ClN5O4S2/c1-19-7-12-23(29)26-25(19)31-28(39-26)34-17-15-33(16-18-34)14-13-30-27(35)22-5-3-4-6-24(22)32-40(36,37)21-10-8-20(38-2)9-11-21/h3-12,32H,13-18H2,1-2H3,(H,30,35). The zero-order chi connectivity index (χ0) is 28.3. The van der Waals surface area contributed by atoms with Crippen LogP contribution >= 0.6 is 22.9 Å². The molecule has 0 unspecified atom stereocenters. The first-order chi connectivity index (χ1) is 19.2. The predicted molar refractivity (Wildman–Crippen MR) is 161 cm³/mol. The number of para-hydroxylation sites is 1. The Kier molecular flexibility index (Phi) is 8.46. The highest BCUT2D eigenvalue weighted by Crippen LogP contribution is 2.35. The molecule has 0 aliphatic carbocycles. The average Bonchev–Trinajstić information content (AvgIpc) is 3.43. The molecular formula is C28H30ClN5O4S2. The number of methoxy groups -OCH3 is 1. The van der Waals surface area contributed by atoms with Crippen molar-refractivity contribution in [3.63, 3.8) is 0 Å². The number of thiazole rings is 1. The van der Waals surface area contributed by atoms with Crippen LogP contribution in [0.5, 0.6) is 5.75 Å². The van der Waals surface area contributed by atoms with Gasteiger partial charge in [-0.05, 0) is 55.0 Å². The van der Waals surface area contributed by atoms with Crippen molar-refractivity contribution in [2.45, 2.75) is 11.8 Å². The van der Waals surface area contributed by atoms with E-state index in [4.69, 9.17) is 21.3 Å². The maximum absolute atomic E-state index is 13.0. The predicted octanol–water partition coefficient (Wildman–Crippen LogP) is 4.62. The molecule has 2 heterocycles. The molecular weight excluding hydrogens is 570 g/mol. The van der Waals surface area contributed by atoms with E-state index >= 15 is 0 Å². The number of hydrogen-bond acceptors (Lipinski definition) is 8. The summed E-state index contributed by atoms with van der Waals surface area (Å²) in [5.41, 5.74) is 2.56. The number of sulfonamides is 1. The second kappa shape index (κ2) is 12.0. The number of aryl methyl sites for hydroxylation is 1. The lowest BCUT2D eigenvalue weighted by Gasteiger charge is -2.34. The third-order valence-electron chi connectivity index (χ3n) is 6.83. The van der Waals surface area contributed by atoms with Crippen molar-refractivity contribution in [3.05, 3.63) is 76.8 Å². The number of amides is 1. The monoisotopic (exact) mass is 599 g/mol. The number of carbonyl (C=O) groups excluding carboxylic acids is 1. The average molecular weight is 600 g/mol. The van der Waals surface area contributed by atoms with Gasteiger partial charge in [0.1, 0.15) is 5.75 Å². The van der Waals surface area contributed by atoms with Crippen molar-refractivity contribution >= 4 is 59.9 Å². The smallest absolute Gasteiger partial charge is 0.261 e. The molecule has 0 radical (unpaired) electrons. The molecule has 4 aromatic rings. The first-order valence-electron chi connectivity index (χ1n) is 12.8. The van der Waals surface area contributed by atoms with E-state index in [1.807, 2.05) is 19.1 Å². The Balaban J connectivity index is 1.14. The second-order valence-electron chi connectivity index (χ2n) is 9.45. The Morgan fingerprint density at radius 2 is 1.77 bits per heavy atom. The van der Waals surface area contributed by atoms with E-state index in [0.717, 1.165) is 52.1 Å². The van der Waals surface area contributed by atoms with Gasteiger partial charge in [0.15, 0.2) is 5.13 Å². The summed E-state index contributed by atoms with van der Waals surface area (Å²) in [6.45, 7) is 6.52. The summed E-state index contributed by atoms with van der Waals surface area (Å²) in [5, 5.41) is 4.64. The van der Waals surface area contributed by atoms with Gasteiger partial charge < -0.3 is 15.0 Å². The number of benzene rings is 3. The lowest BCUT2D eigenvalue weighted by molar-refractivity contribution is 0.0948. The number of aromatic nitrogens is 1. The number of piperazine rings is 1. The van der Waals surface area contributed by atoms with Crippen LogP contribution < -0.4 is 19.7 Å². The van der Waals surface area contributed by atoms with Gasteiger partial charge in [-0.15, -0.1) is 0 Å². The molecule has 5 rings (SSSR count). The molecule has 1 fully saturated rings. The number of nitrogens with one attached hydrogen (secondary N) is 2. The summed E-state index contributed by atoms with van der Waals surface area (Å²) in [6.07, 6.45) is 0. The zero-order valence-corrected chi connectivity index (χ0v) is 24.6. The van der Waals surface area contributed by atoms with Gasteiger partial charge in [0.05, 0.1) is 38.5 Å². The number of rotatable bonds is 9. The topological polar surface area (TPSA) is 104 Å². The summed E-state index contributed by atoms with van der Waals surface area (Å²) in [5.74, 6) is 0.213. The molecule has 2 N–H and O–H groups in total. The molecule has 1 aliphatic heterocycles. The van der Waals surface area contributed by atoms with Crippen molar-refractivity contribution in [2.75, 3.05) is 56.0 Å². The fourth-order valence-electron chi connectivity index (χ4n) is 4.54. The van der Waals surface area contributed by atoms with Crippen LogP contribution in [0.25, 0.3) is 10.2 Å². The Hall–Kier alpha value is -3.38. The fourth-order valence-corrected chi connectivity index (χ4v) is 6.99. The maximum atomic E-state index is 13.0. The molecule has 3 aromatic carbocycles. The van der Waals surface area contributed by atoms with Crippen molar-refractivity contribution in [1.29, 1.82) is 0 Å². The molecule has 0 atom stereocenters. The van der Waals surface area contributed by atoms with Crippen LogP contribution in [0, 0.1) is 6.92 Å². The molecule has 40 heavy (non-hydrogen) atoms. The Bertz CT molecular complexity index is 1580. The molecule has 1 aromatic heterocycles. The molecule has 0 spiro atoms. The summed E-state index contributed by atoms with van der Waals surface area (Å²) < 4.78 is 34.5. The van der Waals surface area contributed by atoms with Crippen molar-refractivity contribution in [3.8, 4) is 5.75 Å². The summed E-state index contributed by atoms with van der Waals surface area (Å²) >= 11 is 8.01. The minimum atomic E-state index is -3.88. The molecule has 1 amide bonds. The van der Waals surface area contributed by atoms with Crippen LogP contribution in [-0.4, -0.2) is 70.6 Å². The summed E-state index contributed by atoms with van der Waals surface area (Å²) in [6, 6.07) is 16.5. The number of hydrogen-bond donors (Lipinski definition) is 2. The summed E-state index contributed by atoms with van der Waals surface area (Å²) in [7, 11) is -2.37. The van der Waals surface area contributed by atoms with E-state index in [1.165, 1.54) is 19.2 Å². The Morgan fingerprint density at radius 1 is 1.05 bits per heavy atom. The highest BCUT2D eigenvalue weighted by Gasteiger charge is 2.22. The Labute approximate surface area is 242 Å². The van der Waals surface area contributed by atoms with E-state index in [2.05, 4.69) is 19.8 Å². The minimum absolute atomic E-state index is 0.0757. The van der Waals surface area contributed by atoms with Gasteiger partial charge in [0.2, 0.25) is 0 Å². The van der Waals surface area contributed by atoms with E-state index in [9.17, 15) is 13.2 Å². The van der Waals surface area contributed by atoms with Gasteiger partial charge in [0.25, 0.3) is 15.9 Å². The molecule has 0 saturated carbocycles. The number of halogens is 1. The van der Waals surface area contributed by atoms with E-state index < -0.39 is 10.0 Å². The van der Waals surface area contributed by atoms with E-state index in [1.54, 1.807) is 47.7 Å². The highest BCUT2D eigenvalue weighted by molar-refractivity contribution is 7.92. The van der Waals surface area contributed by atoms with Gasteiger partial charge >= 0.3 is 0 Å². The molecule has 210 valence electrons. The third-order valence-corrected chi connectivity index (χ3v) is 9.79.